The van der Waals surface area contributed by atoms with Gasteiger partial charge in [0.05, 0.1) is 15.1 Å². The number of likely N-dealkylation sites (N-methyl/N-ethyl adjacent to an activating group) is 1. The van der Waals surface area contributed by atoms with Crippen LogP contribution in [0.15, 0.2) is 53.4 Å². The van der Waals surface area contributed by atoms with E-state index in [9.17, 15) is 13.2 Å². The number of aryl methyl sites for hydroxylation is 1. The average Bonchev–Trinajstić information content (AvgIpc) is 3.12. The zero-order chi connectivity index (χ0) is 21.0. The molecule has 0 bridgehead atoms. The lowest BCUT2D eigenvalue weighted by Gasteiger charge is -2.22. The molecule has 162 valence electrons. The zero-order valence-corrected chi connectivity index (χ0v) is 19.7. The van der Waals surface area contributed by atoms with Crippen molar-refractivity contribution in [2.24, 2.45) is 0 Å². The second kappa shape index (κ2) is 10.3. The number of fused-ring (bicyclic) bond motifs is 1. The number of hydrogen-bond acceptors (Lipinski definition) is 6. The van der Waals surface area contributed by atoms with E-state index in [0.717, 1.165) is 22.2 Å². The van der Waals surface area contributed by atoms with Crippen LogP contribution in [0.5, 0.6) is 0 Å². The molecule has 9 heteroatoms. The maximum absolute atomic E-state index is 13.1. The molecule has 0 fully saturated rings. The molecule has 0 N–H and O–H groups in total. The summed E-state index contributed by atoms with van der Waals surface area (Å²) in [5.74, 6) is -1.05. The van der Waals surface area contributed by atoms with Crippen molar-refractivity contribution in [2.75, 3.05) is 37.8 Å². The molecule has 1 aromatic heterocycles. The lowest BCUT2D eigenvalue weighted by molar-refractivity contribution is -0.116. The van der Waals surface area contributed by atoms with Crippen molar-refractivity contribution in [3.63, 3.8) is 0 Å². The molecule has 0 saturated heterocycles. The second-order valence-corrected chi connectivity index (χ2v) is 10.0. The number of carbonyl (C=O) groups excluding carboxylic acids is 1. The third kappa shape index (κ3) is 5.57. The number of carbonyl (C=O) groups is 1. The number of aromatic nitrogens is 1. The predicted molar refractivity (Wildman–Crippen MR) is 126 cm³/mol. The van der Waals surface area contributed by atoms with E-state index in [4.69, 9.17) is 4.98 Å². The quantitative estimate of drug-likeness (QED) is 0.505. The highest BCUT2D eigenvalue weighted by molar-refractivity contribution is 7.92. The Balaban J connectivity index is 0.00000320. The van der Waals surface area contributed by atoms with Gasteiger partial charge in [0.15, 0.2) is 15.0 Å². The first-order chi connectivity index (χ1) is 13.8. The largest absolute Gasteiger partial charge is 0.308 e. The van der Waals surface area contributed by atoms with E-state index in [1.165, 1.54) is 28.4 Å². The summed E-state index contributed by atoms with van der Waals surface area (Å²) in [7, 11) is 0.105. The summed E-state index contributed by atoms with van der Waals surface area (Å²) in [6.07, 6.45) is 0.842. The Morgan fingerprint density at radius 2 is 1.73 bits per heavy atom. The van der Waals surface area contributed by atoms with Crippen LogP contribution in [0.25, 0.3) is 10.2 Å². The molecule has 0 aliphatic carbocycles. The van der Waals surface area contributed by atoms with Crippen molar-refractivity contribution < 1.29 is 13.2 Å². The first-order valence-corrected chi connectivity index (χ1v) is 11.9. The minimum Gasteiger partial charge on any atom is -0.308 e. The average molecular weight is 468 g/mol. The van der Waals surface area contributed by atoms with E-state index in [0.29, 0.717) is 18.2 Å². The lowest BCUT2D eigenvalue weighted by Crippen LogP contribution is -2.40. The standard InChI is InChI=1S/C21H25N3O3S2.ClH/c1-4-16-9-8-12-18-20(16)22-21(28-18)24(14-13-23(2)3)19(25)15-29(26,27)17-10-6-5-7-11-17;/h5-12H,4,13-15H2,1-3H3;1H. The third-order valence-electron chi connectivity index (χ3n) is 4.59. The van der Waals surface area contributed by atoms with Crippen LogP contribution in [0.3, 0.4) is 0 Å². The molecule has 0 spiro atoms. The van der Waals surface area contributed by atoms with Gasteiger partial charge in [-0.3, -0.25) is 9.69 Å². The number of amides is 1. The van der Waals surface area contributed by atoms with Gasteiger partial charge in [0.2, 0.25) is 5.91 Å². The normalized spacial score (nSPS) is 11.5. The first kappa shape index (κ1) is 24.3. The van der Waals surface area contributed by atoms with Crippen molar-refractivity contribution in [3.05, 3.63) is 54.1 Å². The van der Waals surface area contributed by atoms with Gasteiger partial charge in [0, 0.05) is 13.1 Å². The molecule has 1 heterocycles. The molecule has 3 rings (SSSR count). The number of sulfone groups is 1. The summed E-state index contributed by atoms with van der Waals surface area (Å²) in [6.45, 7) is 3.04. The van der Waals surface area contributed by atoms with Crippen LogP contribution >= 0.6 is 23.7 Å². The minimum absolute atomic E-state index is 0. The van der Waals surface area contributed by atoms with Crippen LogP contribution in [-0.4, -0.2) is 57.1 Å². The fourth-order valence-corrected chi connectivity index (χ4v) is 5.25. The summed E-state index contributed by atoms with van der Waals surface area (Å²) < 4.78 is 26.4. The maximum atomic E-state index is 13.1. The number of hydrogen-bond donors (Lipinski definition) is 0. The molecule has 0 radical (unpaired) electrons. The molecule has 0 aliphatic rings. The molecule has 2 aromatic carbocycles. The molecule has 0 unspecified atom stereocenters. The number of nitrogens with zero attached hydrogens (tertiary/aromatic N) is 3. The Morgan fingerprint density at radius 3 is 2.37 bits per heavy atom. The van der Waals surface area contributed by atoms with E-state index >= 15 is 0 Å². The van der Waals surface area contributed by atoms with Crippen LogP contribution in [-0.2, 0) is 21.1 Å². The number of benzene rings is 2. The van der Waals surface area contributed by atoms with Gasteiger partial charge in [0.25, 0.3) is 0 Å². The molecular formula is C21H26ClN3O3S2. The highest BCUT2D eigenvalue weighted by Gasteiger charge is 2.26. The fourth-order valence-electron chi connectivity index (χ4n) is 2.97. The SMILES string of the molecule is CCc1cccc2sc(N(CCN(C)C)C(=O)CS(=O)(=O)c3ccccc3)nc12.Cl. The Labute approximate surface area is 187 Å². The van der Waals surface area contributed by atoms with Crippen LogP contribution in [0.4, 0.5) is 5.13 Å². The van der Waals surface area contributed by atoms with Crippen molar-refractivity contribution in [1.29, 1.82) is 0 Å². The van der Waals surface area contributed by atoms with E-state index in [2.05, 4.69) is 6.92 Å². The molecule has 0 aliphatic heterocycles. The lowest BCUT2D eigenvalue weighted by atomic mass is 10.1. The predicted octanol–water partition coefficient (Wildman–Crippen LogP) is 3.65. The van der Waals surface area contributed by atoms with Gasteiger partial charge in [-0.1, -0.05) is 48.6 Å². The monoisotopic (exact) mass is 467 g/mol. The summed E-state index contributed by atoms with van der Waals surface area (Å²) in [5.41, 5.74) is 1.99. The summed E-state index contributed by atoms with van der Waals surface area (Å²) in [4.78, 5) is 21.4. The summed E-state index contributed by atoms with van der Waals surface area (Å²) in [6, 6.07) is 14.1. The van der Waals surface area contributed by atoms with Gasteiger partial charge in [0.1, 0.15) is 5.75 Å². The van der Waals surface area contributed by atoms with Gasteiger partial charge >= 0.3 is 0 Å². The second-order valence-electron chi connectivity index (χ2n) is 7.03. The van der Waals surface area contributed by atoms with Crippen molar-refractivity contribution >= 4 is 54.8 Å². The topological polar surface area (TPSA) is 70.6 Å². The van der Waals surface area contributed by atoms with Crippen molar-refractivity contribution in [2.45, 2.75) is 18.2 Å². The van der Waals surface area contributed by atoms with Crippen molar-refractivity contribution in [3.8, 4) is 0 Å². The van der Waals surface area contributed by atoms with E-state index in [-0.39, 0.29) is 17.3 Å². The summed E-state index contributed by atoms with van der Waals surface area (Å²) in [5, 5.41) is 0.538. The number of rotatable bonds is 8. The van der Waals surface area contributed by atoms with Gasteiger partial charge in [-0.05, 0) is 44.3 Å². The fraction of sp³-hybridized carbons (Fsp3) is 0.333. The van der Waals surface area contributed by atoms with E-state index in [1.54, 1.807) is 18.2 Å². The maximum Gasteiger partial charge on any atom is 0.244 e. The zero-order valence-electron chi connectivity index (χ0n) is 17.2. The molecule has 0 saturated carbocycles. The number of para-hydroxylation sites is 1. The van der Waals surface area contributed by atoms with E-state index in [1.807, 2.05) is 37.2 Å². The van der Waals surface area contributed by atoms with Crippen LogP contribution < -0.4 is 4.90 Å². The van der Waals surface area contributed by atoms with Crippen molar-refractivity contribution in [1.82, 2.24) is 9.88 Å². The molecule has 1 amide bonds. The molecular weight excluding hydrogens is 442 g/mol. The Hall–Kier alpha value is -2.00. The molecule has 3 aromatic rings. The highest BCUT2D eigenvalue weighted by atomic mass is 35.5. The number of anilines is 1. The smallest absolute Gasteiger partial charge is 0.244 e. The Bertz CT molecular complexity index is 1100. The van der Waals surface area contributed by atoms with Gasteiger partial charge in [-0.2, -0.15) is 0 Å². The third-order valence-corrected chi connectivity index (χ3v) is 7.25. The molecule has 0 atom stereocenters. The van der Waals surface area contributed by atoms with Gasteiger partial charge < -0.3 is 4.90 Å². The summed E-state index contributed by atoms with van der Waals surface area (Å²) >= 11 is 1.42. The van der Waals surface area contributed by atoms with Crippen LogP contribution in [0.1, 0.15) is 12.5 Å². The number of thiazole rings is 1. The minimum atomic E-state index is -3.72. The number of halogens is 1. The van der Waals surface area contributed by atoms with Crippen LogP contribution in [0.2, 0.25) is 0 Å². The Kier molecular flexibility index (Phi) is 8.37. The molecule has 6 nitrogen and oxygen atoms in total. The van der Waals surface area contributed by atoms with E-state index < -0.39 is 21.5 Å². The van der Waals surface area contributed by atoms with Gasteiger partial charge in [-0.25, -0.2) is 13.4 Å². The first-order valence-electron chi connectivity index (χ1n) is 9.43. The van der Waals surface area contributed by atoms with Gasteiger partial charge in [-0.15, -0.1) is 12.4 Å². The highest BCUT2D eigenvalue weighted by Crippen LogP contribution is 2.31. The van der Waals surface area contributed by atoms with Crippen LogP contribution in [0, 0.1) is 0 Å². The Morgan fingerprint density at radius 1 is 1.03 bits per heavy atom. The molecule has 30 heavy (non-hydrogen) atoms.